The molecule has 0 saturated heterocycles. The van der Waals surface area contributed by atoms with Gasteiger partial charge in [-0.1, -0.05) is 18.2 Å². The number of benzene rings is 1. The van der Waals surface area contributed by atoms with E-state index in [1.807, 2.05) is 54.8 Å². The predicted molar refractivity (Wildman–Crippen MR) is 97.9 cm³/mol. The van der Waals surface area contributed by atoms with Crippen LogP contribution in [0.1, 0.15) is 47.3 Å². The maximum atomic E-state index is 12.2. The van der Waals surface area contributed by atoms with Crippen molar-refractivity contribution in [3.8, 4) is 0 Å². The molecule has 6 heteroatoms. The van der Waals surface area contributed by atoms with Gasteiger partial charge >= 0.3 is 5.97 Å². The van der Waals surface area contributed by atoms with E-state index < -0.39 is 0 Å². The Balaban J connectivity index is 2.05. The molecule has 0 amide bonds. The molecule has 0 radical (unpaired) electrons. The lowest BCUT2D eigenvalue weighted by Gasteiger charge is -2.19. The number of carbonyl (C=O) groups is 1. The molecule has 3 aromatic rings. The van der Waals surface area contributed by atoms with Crippen molar-refractivity contribution >= 4 is 11.6 Å². The maximum absolute atomic E-state index is 12.2. The zero-order valence-corrected chi connectivity index (χ0v) is 15.3. The summed E-state index contributed by atoms with van der Waals surface area (Å²) in [5.74, 6) is 0.384. The van der Waals surface area contributed by atoms with Crippen LogP contribution in [0, 0.1) is 13.8 Å². The van der Waals surface area contributed by atoms with E-state index in [2.05, 4.69) is 10.2 Å². The van der Waals surface area contributed by atoms with Crippen LogP contribution in [0.5, 0.6) is 0 Å². The van der Waals surface area contributed by atoms with Crippen molar-refractivity contribution in [1.82, 2.24) is 14.6 Å². The Morgan fingerprint density at radius 3 is 2.69 bits per heavy atom. The van der Waals surface area contributed by atoms with E-state index in [4.69, 9.17) is 4.74 Å². The highest BCUT2D eigenvalue weighted by Gasteiger charge is 2.21. The Hall–Kier alpha value is -2.73. The quantitative estimate of drug-likeness (QED) is 0.690. The number of aliphatic hydroxyl groups is 1. The Labute approximate surface area is 152 Å². The number of rotatable bonds is 6. The van der Waals surface area contributed by atoms with E-state index in [1.165, 1.54) is 0 Å². The fourth-order valence-corrected chi connectivity index (χ4v) is 3.14. The molecule has 0 spiro atoms. The molecular formula is C20H23N3O3. The van der Waals surface area contributed by atoms with Crippen LogP contribution in [0.15, 0.2) is 36.5 Å². The molecule has 0 bridgehead atoms. The van der Waals surface area contributed by atoms with Crippen molar-refractivity contribution in [3.63, 3.8) is 0 Å². The first-order valence-corrected chi connectivity index (χ1v) is 8.70. The van der Waals surface area contributed by atoms with Crippen LogP contribution in [-0.2, 0) is 16.1 Å². The van der Waals surface area contributed by atoms with Gasteiger partial charge < -0.3 is 9.84 Å². The van der Waals surface area contributed by atoms with Crippen molar-refractivity contribution < 1.29 is 14.6 Å². The minimum absolute atomic E-state index is 0.0335. The third-order valence-electron chi connectivity index (χ3n) is 4.63. The third kappa shape index (κ3) is 3.60. The molecule has 136 valence electrons. The van der Waals surface area contributed by atoms with Crippen molar-refractivity contribution in [1.29, 1.82) is 0 Å². The molecule has 0 aliphatic heterocycles. The van der Waals surface area contributed by atoms with Crippen LogP contribution in [0.2, 0.25) is 0 Å². The van der Waals surface area contributed by atoms with Crippen LogP contribution in [0.4, 0.5) is 0 Å². The van der Waals surface area contributed by atoms with Gasteiger partial charge in [0, 0.05) is 12.1 Å². The molecule has 1 N–H and O–H groups in total. The van der Waals surface area contributed by atoms with Gasteiger partial charge in [-0.2, -0.15) is 0 Å². The molecular weight excluding hydrogens is 330 g/mol. The van der Waals surface area contributed by atoms with E-state index >= 15 is 0 Å². The van der Waals surface area contributed by atoms with Gasteiger partial charge in [0.15, 0.2) is 5.65 Å². The number of ether oxygens (including phenoxy) is 1. The zero-order valence-electron chi connectivity index (χ0n) is 15.3. The Bertz CT molecular complexity index is 933. The number of hydrogen-bond donors (Lipinski definition) is 1. The van der Waals surface area contributed by atoms with Gasteiger partial charge in [0.05, 0.1) is 19.6 Å². The lowest BCUT2D eigenvalue weighted by Crippen LogP contribution is -2.12. The van der Waals surface area contributed by atoms with Gasteiger partial charge in [0.2, 0.25) is 0 Å². The Kier molecular flexibility index (Phi) is 5.32. The van der Waals surface area contributed by atoms with Crippen LogP contribution < -0.4 is 0 Å². The van der Waals surface area contributed by atoms with E-state index in [-0.39, 0.29) is 24.9 Å². The second kappa shape index (κ2) is 7.66. The first kappa shape index (κ1) is 18.1. The minimum atomic E-state index is -0.249. The summed E-state index contributed by atoms with van der Waals surface area (Å²) in [6.45, 7) is 5.97. The molecule has 3 rings (SSSR count). The van der Waals surface area contributed by atoms with Crippen LogP contribution in [-0.4, -0.2) is 32.3 Å². The number of pyridine rings is 1. The highest BCUT2D eigenvalue weighted by atomic mass is 16.5. The topological polar surface area (TPSA) is 76.7 Å². The van der Waals surface area contributed by atoms with Gasteiger partial charge in [0.25, 0.3) is 0 Å². The largest absolute Gasteiger partial charge is 0.466 e. The third-order valence-corrected chi connectivity index (χ3v) is 4.63. The summed E-state index contributed by atoms with van der Waals surface area (Å²) in [6, 6.07) is 9.85. The predicted octanol–water partition coefficient (Wildman–Crippen LogP) is 2.92. The number of aryl methyl sites for hydroxylation is 2. The minimum Gasteiger partial charge on any atom is -0.466 e. The maximum Gasteiger partial charge on any atom is 0.306 e. The molecule has 0 saturated carbocycles. The van der Waals surface area contributed by atoms with E-state index in [0.717, 1.165) is 33.7 Å². The van der Waals surface area contributed by atoms with Gasteiger partial charge in [-0.3, -0.25) is 9.20 Å². The van der Waals surface area contributed by atoms with Crippen molar-refractivity contribution in [2.45, 2.75) is 39.7 Å². The fraction of sp³-hybridized carbons (Fsp3) is 0.350. The summed E-state index contributed by atoms with van der Waals surface area (Å²) >= 11 is 0. The first-order valence-electron chi connectivity index (χ1n) is 8.70. The van der Waals surface area contributed by atoms with Crippen molar-refractivity contribution in [2.24, 2.45) is 0 Å². The number of aromatic nitrogens is 3. The van der Waals surface area contributed by atoms with Crippen LogP contribution in [0.25, 0.3) is 5.65 Å². The van der Waals surface area contributed by atoms with Crippen molar-refractivity contribution in [3.05, 3.63) is 64.6 Å². The summed E-state index contributed by atoms with van der Waals surface area (Å²) < 4.78 is 7.07. The van der Waals surface area contributed by atoms with Crippen LogP contribution in [0.3, 0.4) is 0 Å². The number of fused-ring (bicyclic) bond motifs is 1. The summed E-state index contributed by atoms with van der Waals surface area (Å²) in [5.41, 5.74) is 4.55. The molecule has 2 aromatic heterocycles. The highest BCUT2D eigenvalue weighted by Crippen LogP contribution is 2.30. The molecule has 6 nitrogen and oxygen atoms in total. The fourth-order valence-electron chi connectivity index (χ4n) is 3.14. The highest BCUT2D eigenvalue weighted by molar-refractivity contribution is 5.71. The van der Waals surface area contributed by atoms with Gasteiger partial charge in [-0.15, -0.1) is 10.2 Å². The van der Waals surface area contributed by atoms with E-state index in [0.29, 0.717) is 6.61 Å². The van der Waals surface area contributed by atoms with E-state index in [1.54, 1.807) is 6.92 Å². The van der Waals surface area contributed by atoms with Crippen molar-refractivity contribution in [2.75, 3.05) is 6.61 Å². The number of hydrogen-bond acceptors (Lipinski definition) is 5. The number of aliphatic hydroxyl groups excluding tert-OH is 1. The van der Waals surface area contributed by atoms with E-state index in [9.17, 15) is 9.90 Å². The number of nitrogens with zero attached hydrogens (tertiary/aromatic N) is 3. The molecule has 1 aromatic carbocycles. The molecule has 2 heterocycles. The van der Waals surface area contributed by atoms with Gasteiger partial charge in [-0.05, 0) is 55.2 Å². The van der Waals surface area contributed by atoms with Gasteiger partial charge in [0.1, 0.15) is 5.82 Å². The first-order chi connectivity index (χ1) is 12.5. The molecule has 1 unspecified atom stereocenters. The van der Waals surface area contributed by atoms with Gasteiger partial charge in [-0.25, -0.2) is 0 Å². The number of esters is 1. The second-order valence-electron chi connectivity index (χ2n) is 6.34. The number of carbonyl (C=O) groups excluding carboxylic acids is 1. The monoisotopic (exact) mass is 353 g/mol. The standard InChI is InChI=1S/C20H23N3O3/c1-4-26-20(25)11-18(15-6-5-13(2)17(9-15)12-24)16-7-8-23-14(3)21-22-19(23)10-16/h5-10,18,24H,4,11-12H2,1-3H3. The average Bonchev–Trinajstić information content (AvgIpc) is 3.01. The normalized spacial score (nSPS) is 12.3. The summed E-state index contributed by atoms with van der Waals surface area (Å²) in [6.07, 6.45) is 2.14. The second-order valence-corrected chi connectivity index (χ2v) is 6.34. The Morgan fingerprint density at radius 2 is 1.96 bits per heavy atom. The molecule has 1 atom stereocenters. The molecule has 0 aliphatic rings. The molecule has 0 fully saturated rings. The van der Waals surface area contributed by atoms with Crippen LogP contribution >= 0.6 is 0 Å². The lowest BCUT2D eigenvalue weighted by atomic mass is 9.87. The molecule has 0 aliphatic carbocycles. The summed E-state index contributed by atoms with van der Waals surface area (Å²) in [5, 5.41) is 17.9. The summed E-state index contributed by atoms with van der Waals surface area (Å²) in [4.78, 5) is 12.2. The SMILES string of the molecule is CCOC(=O)CC(c1ccc(C)c(CO)c1)c1ccn2c(C)nnc2c1. The Morgan fingerprint density at radius 1 is 1.19 bits per heavy atom. The lowest BCUT2D eigenvalue weighted by molar-refractivity contribution is -0.143. The molecule has 26 heavy (non-hydrogen) atoms. The zero-order chi connectivity index (χ0) is 18.7. The smallest absolute Gasteiger partial charge is 0.306 e. The average molecular weight is 353 g/mol. The summed E-state index contributed by atoms with van der Waals surface area (Å²) in [7, 11) is 0.